The molecule has 0 spiro atoms. The molecule has 1 saturated carbocycles. The maximum Gasteiger partial charge on any atom is 0.314 e. The lowest BCUT2D eigenvalue weighted by Crippen LogP contribution is -2.44. The first-order valence-corrected chi connectivity index (χ1v) is 13.8. The summed E-state index contributed by atoms with van der Waals surface area (Å²) in [6.07, 6.45) is 9.03. The lowest BCUT2D eigenvalue weighted by Gasteiger charge is -2.41. The number of rotatable bonds is 12. The van der Waals surface area contributed by atoms with E-state index in [1.54, 1.807) is 6.92 Å². The van der Waals surface area contributed by atoms with E-state index in [1.165, 1.54) is 6.42 Å². The van der Waals surface area contributed by atoms with Gasteiger partial charge < -0.3 is 14.6 Å². The Morgan fingerprint density at radius 2 is 1.63 bits per heavy atom. The molecule has 6 heteroatoms. The average molecular weight is 495 g/mol. The number of Topliss-reactive ketones (excluding diaryl/α,β-unsaturated/α-hetero) is 1. The Balaban J connectivity index is 2.21. The summed E-state index contributed by atoms with van der Waals surface area (Å²) < 4.78 is 11.4. The Hall–Kier alpha value is -1.43. The molecular formula is C29H50O6. The Morgan fingerprint density at radius 3 is 2.14 bits per heavy atom. The highest BCUT2D eigenvalue weighted by atomic mass is 16.7. The molecule has 2 rings (SSSR count). The Bertz CT molecular complexity index is 746. The third kappa shape index (κ3) is 7.53. The van der Waals surface area contributed by atoms with Gasteiger partial charge in [0.2, 0.25) is 6.29 Å². The van der Waals surface area contributed by atoms with Crippen molar-refractivity contribution in [1.29, 1.82) is 0 Å². The Morgan fingerprint density at radius 1 is 1.00 bits per heavy atom. The highest BCUT2D eigenvalue weighted by Gasteiger charge is 2.48. The van der Waals surface area contributed by atoms with Crippen LogP contribution in [-0.4, -0.2) is 35.7 Å². The van der Waals surface area contributed by atoms with E-state index in [-0.39, 0.29) is 23.7 Å². The topological polar surface area (TPSA) is 89.9 Å². The highest BCUT2D eigenvalue weighted by molar-refractivity contribution is 5.89. The summed E-state index contributed by atoms with van der Waals surface area (Å²) in [5, 5.41) is 9.94. The minimum absolute atomic E-state index is 0.0425. The standard InChI is InChI=1S/C29H50O6/c1-8-27(5,24(31)32)20-29(7,25(33)35-22-14-10-13-17-34-22)19-21(2)18-26(3,4)23(30)28(6)15-11-9-12-16-28/h21-22H,8-20H2,1-7H3,(H,31,32). The maximum atomic E-state index is 13.6. The highest BCUT2D eigenvalue weighted by Crippen LogP contribution is 2.47. The number of carbonyl (C=O) groups is 3. The second kappa shape index (κ2) is 11.7. The molecule has 0 bridgehead atoms. The molecule has 2 aliphatic rings. The number of ether oxygens (including phenoxy) is 2. The lowest BCUT2D eigenvalue weighted by molar-refractivity contribution is -0.200. The van der Waals surface area contributed by atoms with E-state index >= 15 is 0 Å². The van der Waals surface area contributed by atoms with Gasteiger partial charge in [-0.2, -0.15) is 0 Å². The van der Waals surface area contributed by atoms with Crippen molar-refractivity contribution in [2.45, 2.75) is 132 Å². The summed E-state index contributed by atoms with van der Waals surface area (Å²) >= 11 is 0. The van der Waals surface area contributed by atoms with Gasteiger partial charge in [-0.3, -0.25) is 14.4 Å². The molecule has 6 nitrogen and oxygen atoms in total. The molecule has 0 aromatic carbocycles. The molecular weight excluding hydrogens is 444 g/mol. The largest absolute Gasteiger partial charge is 0.481 e. The van der Waals surface area contributed by atoms with Crippen molar-refractivity contribution in [3.8, 4) is 0 Å². The molecule has 1 aliphatic carbocycles. The van der Waals surface area contributed by atoms with Gasteiger partial charge in [0, 0.05) is 17.3 Å². The van der Waals surface area contributed by atoms with Gasteiger partial charge in [0.1, 0.15) is 5.78 Å². The third-order valence-corrected chi connectivity index (χ3v) is 8.72. The number of carbonyl (C=O) groups excluding carboxylic acids is 2. The van der Waals surface area contributed by atoms with Crippen molar-refractivity contribution >= 4 is 17.7 Å². The number of hydrogen-bond donors (Lipinski definition) is 1. The molecule has 0 amide bonds. The van der Waals surface area contributed by atoms with E-state index < -0.39 is 28.5 Å². The second-order valence-corrected chi connectivity index (χ2v) is 13.0. The number of esters is 1. The normalized spacial score (nSPS) is 25.1. The molecule has 1 aliphatic heterocycles. The molecule has 35 heavy (non-hydrogen) atoms. The summed E-state index contributed by atoms with van der Waals surface area (Å²) in [5.74, 6) is -0.928. The zero-order chi connectivity index (χ0) is 26.5. The van der Waals surface area contributed by atoms with E-state index in [1.807, 2.05) is 27.7 Å². The molecule has 2 fully saturated rings. The summed E-state index contributed by atoms with van der Waals surface area (Å²) in [4.78, 5) is 39.3. The molecule has 0 aromatic rings. The van der Waals surface area contributed by atoms with Gasteiger partial charge in [-0.05, 0) is 71.1 Å². The van der Waals surface area contributed by atoms with Crippen LogP contribution in [0.5, 0.6) is 0 Å². The third-order valence-electron chi connectivity index (χ3n) is 8.72. The van der Waals surface area contributed by atoms with Crippen molar-refractivity contribution in [1.82, 2.24) is 0 Å². The number of aliphatic carboxylic acids is 1. The minimum Gasteiger partial charge on any atom is -0.481 e. The maximum absolute atomic E-state index is 13.6. The molecule has 4 unspecified atom stereocenters. The average Bonchev–Trinajstić information content (AvgIpc) is 2.78. The fraction of sp³-hybridized carbons (Fsp3) is 0.897. The molecule has 4 atom stereocenters. The van der Waals surface area contributed by atoms with Crippen LogP contribution >= 0.6 is 0 Å². The molecule has 1 heterocycles. The fourth-order valence-corrected chi connectivity index (χ4v) is 6.69. The van der Waals surface area contributed by atoms with Gasteiger partial charge in [-0.1, -0.05) is 53.9 Å². The second-order valence-electron chi connectivity index (χ2n) is 13.0. The molecule has 0 radical (unpaired) electrons. The van der Waals surface area contributed by atoms with Gasteiger partial charge in [0.15, 0.2) is 0 Å². The monoisotopic (exact) mass is 494 g/mol. The van der Waals surface area contributed by atoms with Crippen molar-refractivity contribution in [3.05, 3.63) is 0 Å². The molecule has 202 valence electrons. The minimum atomic E-state index is -1.04. The van der Waals surface area contributed by atoms with Gasteiger partial charge in [-0.15, -0.1) is 0 Å². The quantitative estimate of drug-likeness (QED) is 0.296. The fourth-order valence-electron chi connectivity index (χ4n) is 6.69. The van der Waals surface area contributed by atoms with E-state index in [2.05, 4.69) is 13.8 Å². The van der Waals surface area contributed by atoms with Crippen LogP contribution in [0.25, 0.3) is 0 Å². The van der Waals surface area contributed by atoms with Crippen molar-refractivity contribution in [3.63, 3.8) is 0 Å². The van der Waals surface area contributed by atoms with E-state index in [0.29, 0.717) is 38.1 Å². The van der Waals surface area contributed by atoms with Crippen LogP contribution in [0, 0.1) is 27.6 Å². The first kappa shape index (κ1) is 29.8. The Labute approximate surface area is 212 Å². The molecule has 1 saturated heterocycles. The smallest absolute Gasteiger partial charge is 0.314 e. The van der Waals surface area contributed by atoms with E-state index in [0.717, 1.165) is 38.5 Å². The van der Waals surface area contributed by atoms with E-state index in [4.69, 9.17) is 9.47 Å². The van der Waals surface area contributed by atoms with Crippen molar-refractivity contribution in [2.75, 3.05) is 6.61 Å². The molecule has 0 aromatic heterocycles. The number of ketones is 1. The predicted octanol–water partition coefficient (Wildman–Crippen LogP) is 6.94. The number of carboxylic acid groups (broad SMARTS) is 1. The van der Waals surface area contributed by atoms with Gasteiger partial charge in [-0.25, -0.2) is 0 Å². The SMILES string of the molecule is CCC(C)(CC(C)(CC(C)CC(C)(C)C(=O)C1(C)CCCCC1)C(=O)OC1CCCCO1)C(=O)O. The first-order valence-electron chi connectivity index (χ1n) is 13.8. The predicted molar refractivity (Wildman–Crippen MR) is 137 cm³/mol. The lowest BCUT2D eigenvalue weighted by atomic mass is 9.62. The van der Waals surface area contributed by atoms with Crippen LogP contribution in [0.4, 0.5) is 0 Å². The summed E-state index contributed by atoms with van der Waals surface area (Å²) in [7, 11) is 0. The van der Waals surface area contributed by atoms with Crippen LogP contribution in [0.3, 0.4) is 0 Å². The summed E-state index contributed by atoms with van der Waals surface area (Å²) in [5.41, 5.74) is -2.81. The Kier molecular flexibility index (Phi) is 10.0. The summed E-state index contributed by atoms with van der Waals surface area (Å²) in [6, 6.07) is 0. The zero-order valence-corrected chi connectivity index (χ0v) is 23.3. The van der Waals surface area contributed by atoms with Crippen LogP contribution in [-0.2, 0) is 23.9 Å². The van der Waals surface area contributed by atoms with Crippen molar-refractivity contribution < 1.29 is 29.0 Å². The molecule has 1 N–H and O–H groups in total. The van der Waals surface area contributed by atoms with Gasteiger partial charge in [0.05, 0.1) is 17.4 Å². The van der Waals surface area contributed by atoms with Gasteiger partial charge >= 0.3 is 11.9 Å². The van der Waals surface area contributed by atoms with Crippen LogP contribution in [0.1, 0.15) is 126 Å². The number of carboxylic acids is 1. The van der Waals surface area contributed by atoms with Crippen LogP contribution < -0.4 is 0 Å². The first-order chi connectivity index (χ1) is 16.2. The van der Waals surface area contributed by atoms with E-state index in [9.17, 15) is 19.5 Å². The van der Waals surface area contributed by atoms with Gasteiger partial charge in [0.25, 0.3) is 0 Å². The van der Waals surface area contributed by atoms with Crippen molar-refractivity contribution in [2.24, 2.45) is 27.6 Å². The summed E-state index contributed by atoms with van der Waals surface area (Å²) in [6.45, 7) is 14.2. The number of hydrogen-bond acceptors (Lipinski definition) is 5. The van der Waals surface area contributed by atoms with Crippen LogP contribution in [0.15, 0.2) is 0 Å². The van der Waals surface area contributed by atoms with Crippen LogP contribution in [0.2, 0.25) is 0 Å². The zero-order valence-electron chi connectivity index (χ0n) is 23.3.